The molecule has 1 aliphatic carbocycles. The van der Waals surface area contributed by atoms with Crippen molar-refractivity contribution >= 4 is 17.2 Å². The van der Waals surface area contributed by atoms with Gasteiger partial charge in [-0.2, -0.15) is 0 Å². The third-order valence-corrected chi connectivity index (χ3v) is 4.14. The number of amides is 1. The lowest BCUT2D eigenvalue weighted by Crippen LogP contribution is -2.44. The molecule has 2 rings (SSSR count). The lowest BCUT2D eigenvalue weighted by atomic mass is 9.84. The summed E-state index contributed by atoms with van der Waals surface area (Å²) < 4.78 is 0. The molecule has 3 N–H and O–H groups in total. The van der Waals surface area contributed by atoms with Crippen LogP contribution in [0.25, 0.3) is 0 Å². The summed E-state index contributed by atoms with van der Waals surface area (Å²) in [5.41, 5.74) is 5.74. The number of carbonyl (C=O) groups is 1. The molecule has 1 aromatic rings. The van der Waals surface area contributed by atoms with Gasteiger partial charge in [0.15, 0.2) is 0 Å². The molecule has 0 aromatic carbocycles. The normalized spacial score (nSPS) is 25.3. The predicted octanol–water partition coefficient (Wildman–Crippen LogP) is 2.00. The quantitative estimate of drug-likeness (QED) is 0.846. The van der Waals surface area contributed by atoms with Crippen LogP contribution in [-0.4, -0.2) is 18.5 Å². The van der Waals surface area contributed by atoms with Crippen LogP contribution in [0.1, 0.15) is 35.4 Å². The Morgan fingerprint density at radius 2 is 2.31 bits per heavy atom. The van der Waals surface area contributed by atoms with E-state index in [1.165, 1.54) is 24.2 Å². The standard InChI is InChI=1S/C12H18N2OS/c13-8-9-4-1-2-5-10(9)14-12(15)11-6-3-7-16-11/h3,6-7,9-10H,1-2,4-5,8,13H2,(H,14,15). The topological polar surface area (TPSA) is 55.1 Å². The maximum Gasteiger partial charge on any atom is 0.261 e. The van der Waals surface area contributed by atoms with E-state index < -0.39 is 0 Å². The van der Waals surface area contributed by atoms with E-state index in [4.69, 9.17) is 5.73 Å². The van der Waals surface area contributed by atoms with Gasteiger partial charge in [0.1, 0.15) is 0 Å². The Bertz CT molecular complexity index is 337. The largest absolute Gasteiger partial charge is 0.348 e. The Balaban J connectivity index is 1.95. The second-order valence-corrected chi connectivity index (χ2v) is 5.29. The molecular weight excluding hydrogens is 220 g/mol. The molecule has 0 bridgehead atoms. The van der Waals surface area contributed by atoms with Crippen molar-refractivity contribution in [2.45, 2.75) is 31.7 Å². The number of hydrogen-bond donors (Lipinski definition) is 2. The third-order valence-electron chi connectivity index (χ3n) is 3.27. The van der Waals surface area contributed by atoms with E-state index in [2.05, 4.69) is 5.32 Å². The van der Waals surface area contributed by atoms with Crippen molar-refractivity contribution in [2.75, 3.05) is 6.54 Å². The van der Waals surface area contributed by atoms with Crippen molar-refractivity contribution in [3.05, 3.63) is 22.4 Å². The number of nitrogens with two attached hydrogens (primary N) is 1. The van der Waals surface area contributed by atoms with Gasteiger partial charge in [-0.3, -0.25) is 4.79 Å². The summed E-state index contributed by atoms with van der Waals surface area (Å²) in [5.74, 6) is 0.512. The zero-order valence-electron chi connectivity index (χ0n) is 9.32. The second kappa shape index (κ2) is 5.46. The number of nitrogens with one attached hydrogen (secondary N) is 1. The van der Waals surface area contributed by atoms with Crippen LogP contribution in [0, 0.1) is 5.92 Å². The molecule has 1 amide bonds. The molecule has 3 nitrogen and oxygen atoms in total. The molecule has 4 heteroatoms. The van der Waals surface area contributed by atoms with Gasteiger partial charge in [-0.25, -0.2) is 0 Å². The summed E-state index contributed by atoms with van der Waals surface area (Å²) in [5, 5.41) is 5.04. The van der Waals surface area contributed by atoms with Gasteiger partial charge in [-0.05, 0) is 36.8 Å². The van der Waals surface area contributed by atoms with Crippen molar-refractivity contribution in [3.63, 3.8) is 0 Å². The van der Waals surface area contributed by atoms with Crippen molar-refractivity contribution < 1.29 is 4.79 Å². The fourth-order valence-corrected chi connectivity index (χ4v) is 2.95. The van der Waals surface area contributed by atoms with Gasteiger partial charge in [0.2, 0.25) is 0 Å². The van der Waals surface area contributed by atoms with E-state index in [9.17, 15) is 4.79 Å². The predicted molar refractivity (Wildman–Crippen MR) is 66.6 cm³/mol. The lowest BCUT2D eigenvalue weighted by molar-refractivity contribution is 0.0912. The van der Waals surface area contributed by atoms with Crippen LogP contribution < -0.4 is 11.1 Å². The highest BCUT2D eigenvalue weighted by Gasteiger charge is 2.25. The highest BCUT2D eigenvalue weighted by Crippen LogP contribution is 2.24. The van der Waals surface area contributed by atoms with E-state index in [-0.39, 0.29) is 11.9 Å². The molecular formula is C12H18N2OS. The molecule has 0 saturated heterocycles. The molecule has 1 aliphatic rings. The summed E-state index contributed by atoms with van der Waals surface area (Å²) >= 11 is 1.49. The van der Waals surface area contributed by atoms with E-state index in [1.807, 2.05) is 17.5 Å². The highest BCUT2D eigenvalue weighted by atomic mass is 32.1. The fourth-order valence-electron chi connectivity index (χ4n) is 2.33. The number of rotatable bonds is 3. The summed E-state index contributed by atoms with van der Waals surface area (Å²) in [4.78, 5) is 12.7. The molecule has 0 radical (unpaired) electrons. The van der Waals surface area contributed by atoms with Gasteiger partial charge in [0.05, 0.1) is 4.88 Å². The highest BCUT2D eigenvalue weighted by molar-refractivity contribution is 7.12. The number of thiophene rings is 1. The summed E-state index contributed by atoms with van der Waals surface area (Å²) in [6.07, 6.45) is 4.66. The Morgan fingerprint density at radius 3 is 3.00 bits per heavy atom. The molecule has 1 aromatic heterocycles. The monoisotopic (exact) mass is 238 g/mol. The van der Waals surface area contributed by atoms with Crippen LogP contribution in [0.2, 0.25) is 0 Å². The van der Waals surface area contributed by atoms with Crippen LogP contribution in [0.5, 0.6) is 0 Å². The van der Waals surface area contributed by atoms with E-state index in [0.29, 0.717) is 12.5 Å². The van der Waals surface area contributed by atoms with Crippen LogP contribution in [0.4, 0.5) is 0 Å². The summed E-state index contributed by atoms with van der Waals surface area (Å²) in [6, 6.07) is 4.04. The van der Waals surface area contributed by atoms with Gasteiger partial charge < -0.3 is 11.1 Å². The van der Waals surface area contributed by atoms with Crippen LogP contribution in [0.15, 0.2) is 17.5 Å². The third kappa shape index (κ3) is 2.62. The number of carbonyl (C=O) groups excluding carboxylic acids is 1. The molecule has 1 fully saturated rings. The minimum absolute atomic E-state index is 0.0559. The maximum absolute atomic E-state index is 11.9. The molecule has 88 valence electrons. The fraction of sp³-hybridized carbons (Fsp3) is 0.583. The van der Waals surface area contributed by atoms with Gasteiger partial charge in [-0.15, -0.1) is 11.3 Å². The van der Waals surface area contributed by atoms with Crippen molar-refractivity contribution in [1.82, 2.24) is 5.32 Å². The lowest BCUT2D eigenvalue weighted by Gasteiger charge is -2.31. The minimum Gasteiger partial charge on any atom is -0.348 e. The molecule has 1 heterocycles. The molecule has 0 spiro atoms. The first-order valence-corrected chi connectivity index (χ1v) is 6.73. The Labute approximate surface area is 100 Å². The zero-order valence-corrected chi connectivity index (χ0v) is 10.1. The van der Waals surface area contributed by atoms with Crippen molar-refractivity contribution in [3.8, 4) is 0 Å². The molecule has 0 aliphatic heterocycles. The average Bonchev–Trinajstić information content (AvgIpc) is 2.83. The molecule has 16 heavy (non-hydrogen) atoms. The maximum atomic E-state index is 11.9. The summed E-state index contributed by atoms with van der Waals surface area (Å²) in [6.45, 7) is 0.676. The molecule has 1 saturated carbocycles. The Morgan fingerprint density at radius 1 is 1.50 bits per heavy atom. The second-order valence-electron chi connectivity index (χ2n) is 4.34. The van der Waals surface area contributed by atoms with E-state index >= 15 is 0 Å². The van der Waals surface area contributed by atoms with Crippen molar-refractivity contribution in [2.24, 2.45) is 11.7 Å². The Hall–Kier alpha value is -0.870. The van der Waals surface area contributed by atoms with E-state index in [0.717, 1.165) is 17.7 Å². The van der Waals surface area contributed by atoms with Gasteiger partial charge >= 0.3 is 0 Å². The van der Waals surface area contributed by atoms with E-state index in [1.54, 1.807) is 0 Å². The molecule has 2 atom stereocenters. The molecule has 2 unspecified atom stereocenters. The first-order chi connectivity index (χ1) is 7.81. The van der Waals surface area contributed by atoms with Gasteiger partial charge in [0.25, 0.3) is 5.91 Å². The van der Waals surface area contributed by atoms with Gasteiger partial charge in [-0.1, -0.05) is 18.9 Å². The first-order valence-electron chi connectivity index (χ1n) is 5.85. The smallest absolute Gasteiger partial charge is 0.261 e. The Kier molecular flexibility index (Phi) is 3.96. The van der Waals surface area contributed by atoms with Gasteiger partial charge in [0, 0.05) is 6.04 Å². The SMILES string of the molecule is NCC1CCCCC1NC(=O)c1cccs1. The zero-order chi connectivity index (χ0) is 11.4. The first kappa shape index (κ1) is 11.6. The van der Waals surface area contributed by atoms with Crippen LogP contribution in [-0.2, 0) is 0 Å². The minimum atomic E-state index is 0.0559. The number of hydrogen-bond acceptors (Lipinski definition) is 3. The average molecular weight is 238 g/mol. The summed E-state index contributed by atoms with van der Waals surface area (Å²) in [7, 11) is 0. The van der Waals surface area contributed by atoms with Crippen LogP contribution in [0.3, 0.4) is 0 Å². The van der Waals surface area contributed by atoms with Crippen molar-refractivity contribution in [1.29, 1.82) is 0 Å². The van der Waals surface area contributed by atoms with Crippen LogP contribution >= 0.6 is 11.3 Å².